The smallest absolute Gasteiger partial charge is 0.271 e. The first-order valence-corrected chi connectivity index (χ1v) is 6.20. The van der Waals surface area contributed by atoms with Crippen LogP contribution in [-0.4, -0.2) is 28.6 Å². The zero-order valence-electron chi connectivity index (χ0n) is 11.4. The summed E-state index contributed by atoms with van der Waals surface area (Å²) in [6.45, 7) is 0. The molecular formula is C14H16N4O2. The van der Waals surface area contributed by atoms with Crippen LogP contribution in [0.4, 0.5) is 5.82 Å². The van der Waals surface area contributed by atoms with Crippen LogP contribution in [0.1, 0.15) is 16.1 Å². The Kier molecular flexibility index (Phi) is 4.14. The summed E-state index contributed by atoms with van der Waals surface area (Å²) in [4.78, 5) is 23.4. The number of amides is 2. The van der Waals surface area contributed by atoms with Crippen LogP contribution in [0.5, 0.6) is 0 Å². The summed E-state index contributed by atoms with van der Waals surface area (Å²) < 4.78 is 1.47. The van der Waals surface area contributed by atoms with E-state index in [1.165, 1.54) is 11.7 Å². The maximum atomic E-state index is 11.9. The predicted molar refractivity (Wildman–Crippen MR) is 75.4 cm³/mol. The molecule has 0 spiro atoms. The predicted octanol–water partition coefficient (Wildman–Crippen LogP) is 0.961. The summed E-state index contributed by atoms with van der Waals surface area (Å²) in [6.07, 6.45) is 0.279. The molecule has 0 aliphatic rings. The van der Waals surface area contributed by atoms with E-state index in [-0.39, 0.29) is 23.9 Å². The first-order valence-electron chi connectivity index (χ1n) is 6.20. The summed E-state index contributed by atoms with van der Waals surface area (Å²) in [7, 11) is 3.20. The quantitative estimate of drug-likeness (QED) is 0.870. The standard InChI is InChI=1S/C14H16N4O2/c1-15-14(20)11-9-12(18(2)17-11)16-13(19)8-10-6-4-3-5-7-10/h3-7,9H,8H2,1-2H3,(H,15,20)(H,16,19). The Morgan fingerprint density at radius 1 is 1.25 bits per heavy atom. The van der Waals surface area contributed by atoms with Crippen LogP contribution in [0.2, 0.25) is 0 Å². The molecule has 2 N–H and O–H groups in total. The van der Waals surface area contributed by atoms with Crippen LogP contribution in [0.25, 0.3) is 0 Å². The second-order valence-electron chi connectivity index (χ2n) is 4.33. The maximum absolute atomic E-state index is 11.9. The fraction of sp³-hybridized carbons (Fsp3) is 0.214. The van der Waals surface area contributed by atoms with Gasteiger partial charge in [0.15, 0.2) is 5.69 Å². The van der Waals surface area contributed by atoms with E-state index in [4.69, 9.17) is 0 Å². The first-order chi connectivity index (χ1) is 9.60. The van der Waals surface area contributed by atoms with Crippen molar-refractivity contribution in [3.8, 4) is 0 Å². The molecule has 0 saturated heterocycles. The third-order valence-electron chi connectivity index (χ3n) is 2.81. The van der Waals surface area contributed by atoms with Crippen LogP contribution in [-0.2, 0) is 18.3 Å². The highest BCUT2D eigenvalue weighted by molar-refractivity contribution is 5.95. The van der Waals surface area contributed by atoms with Gasteiger partial charge in [-0.15, -0.1) is 0 Å². The molecule has 104 valence electrons. The molecule has 2 aromatic rings. The summed E-state index contributed by atoms with van der Waals surface area (Å²) in [5.41, 5.74) is 1.20. The highest BCUT2D eigenvalue weighted by Crippen LogP contribution is 2.10. The first kappa shape index (κ1) is 13.8. The number of rotatable bonds is 4. The highest BCUT2D eigenvalue weighted by atomic mass is 16.2. The van der Waals surface area contributed by atoms with Crippen molar-refractivity contribution in [3.63, 3.8) is 0 Å². The molecule has 6 heteroatoms. The normalized spacial score (nSPS) is 10.1. The van der Waals surface area contributed by atoms with E-state index in [2.05, 4.69) is 15.7 Å². The molecule has 0 unspecified atom stereocenters. The lowest BCUT2D eigenvalue weighted by Crippen LogP contribution is -2.18. The molecule has 0 fully saturated rings. The lowest BCUT2D eigenvalue weighted by molar-refractivity contribution is -0.115. The van der Waals surface area contributed by atoms with E-state index in [9.17, 15) is 9.59 Å². The molecule has 1 aromatic carbocycles. The molecular weight excluding hydrogens is 256 g/mol. The largest absolute Gasteiger partial charge is 0.354 e. The number of anilines is 1. The summed E-state index contributed by atoms with van der Waals surface area (Å²) in [6, 6.07) is 11.0. The van der Waals surface area contributed by atoms with Gasteiger partial charge in [0, 0.05) is 20.2 Å². The number of hydrogen-bond acceptors (Lipinski definition) is 3. The summed E-state index contributed by atoms with van der Waals surface area (Å²) in [5.74, 6) is 0.0522. The van der Waals surface area contributed by atoms with Gasteiger partial charge in [-0.3, -0.25) is 14.3 Å². The van der Waals surface area contributed by atoms with Crippen LogP contribution in [0.15, 0.2) is 36.4 Å². The number of nitrogens with zero attached hydrogens (tertiary/aromatic N) is 2. The van der Waals surface area contributed by atoms with Crippen LogP contribution in [0, 0.1) is 0 Å². The molecule has 0 bridgehead atoms. The van der Waals surface area contributed by atoms with Crippen LogP contribution < -0.4 is 10.6 Å². The van der Waals surface area contributed by atoms with Crippen molar-refractivity contribution in [1.29, 1.82) is 0 Å². The summed E-state index contributed by atoms with van der Waals surface area (Å²) in [5, 5.41) is 9.26. The monoisotopic (exact) mass is 272 g/mol. The molecule has 1 aromatic heterocycles. The number of carbonyl (C=O) groups is 2. The average Bonchev–Trinajstić information content (AvgIpc) is 2.80. The minimum absolute atomic E-state index is 0.150. The van der Waals surface area contributed by atoms with Gasteiger partial charge >= 0.3 is 0 Å². The topological polar surface area (TPSA) is 76.0 Å². The van der Waals surface area contributed by atoms with Crippen molar-refractivity contribution in [2.75, 3.05) is 12.4 Å². The second-order valence-corrected chi connectivity index (χ2v) is 4.33. The molecule has 0 aliphatic heterocycles. The van der Waals surface area contributed by atoms with Crippen molar-refractivity contribution in [2.24, 2.45) is 7.05 Å². The molecule has 1 heterocycles. The molecule has 6 nitrogen and oxygen atoms in total. The second kappa shape index (κ2) is 6.01. The van der Waals surface area contributed by atoms with Crippen molar-refractivity contribution < 1.29 is 9.59 Å². The van der Waals surface area contributed by atoms with E-state index < -0.39 is 0 Å². The van der Waals surface area contributed by atoms with E-state index in [1.807, 2.05) is 30.3 Å². The molecule has 0 atom stereocenters. The van der Waals surface area contributed by atoms with Gasteiger partial charge < -0.3 is 10.6 Å². The van der Waals surface area contributed by atoms with E-state index >= 15 is 0 Å². The van der Waals surface area contributed by atoms with E-state index in [0.717, 1.165) is 5.56 Å². The summed E-state index contributed by atoms with van der Waals surface area (Å²) >= 11 is 0. The lowest BCUT2D eigenvalue weighted by atomic mass is 10.1. The maximum Gasteiger partial charge on any atom is 0.271 e. The van der Waals surface area contributed by atoms with Crippen LogP contribution in [0.3, 0.4) is 0 Å². The van der Waals surface area contributed by atoms with E-state index in [1.54, 1.807) is 13.1 Å². The fourth-order valence-corrected chi connectivity index (χ4v) is 1.79. The number of benzene rings is 1. The number of nitrogens with one attached hydrogen (secondary N) is 2. The van der Waals surface area contributed by atoms with Crippen molar-refractivity contribution in [1.82, 2.24) is 15.1 Å². The Hall–Kier alpha value is -2.63. The number of carbonyl (C=O) groups excluding carboxylic acids is 2. The SMILES string of the molecule is CNC(=O)c1cc(NC(=O)Cc2ccccc2)n(C)n1. The van der Waals surface area contributed by atoms with Crippen molar-refractivity contribution in [2.45, 2.75) is 6.42 Å². The third-order valence-corrected chi connectivity index (χ3v) is 2.81. The molecule has 0 radical (unpaired) electrons. The average molecular weight is 272 g/mol. The van der Waals surface area contributed by atoms with Crippen molar-refractivity contribution >= 4 is 17.6 Å². The number of hydrogen-bond donors (Lipinski definition) is 2. The minimum atomic E-state index is -0.288. The molecule has 0 aliphatic carbocycles. The molecule has 20 heavy (non-hydrogen) atoms. The third kappa shape index (κ3) is 3.23. The van der Waals surface area contributed by atoms with Gasteiger partial charge in [0.05, 0.1) is 6.42 Å². The van der Waals surface area contributed by atoms with Gasteiger partial charge in [-0.25, -0.2) is 0 Å². The van der Waals surface area contributed by atoms with Gasteiger partial charge in [-0.2, -0.15) is 5.10 Å². The zero-order valence-corrected chi connectivity index (χ0v) is 11.4. The fourth-order valence-electron chi connectivity index (χ4n) is 1.79. The number of aryl methyl sites for hydroxylation is 1. The Morgan fingerprint density at radius 2 is 1.95 bits per heavy atom. The van der Waals surface area contributed by atoms with Crippen molar-refractivity contribution in [3.05, 3.63) is 47.7 Å². The molecule has 0 saturated carbocycles. The molecule has 2 rings (SSSR count). The molecule has 2 amide bonds. The highest BCUT2D eigenvalue weighted by Gasteiger charge is 2.13. The Labute approximate surface area is 116 Å². The Bertz CT molecular complexity index is 619. The lowest BCUT2D eigenvalue weighted by Gasteiger charge is -2.04. The zero-order chi connectivity index (χ0) is 14.5. The van der Waals surface area contributed by atoms with Gasteiger partial charge in [0.1, 0.15) is 5.82 Å². The van der Waals surface area contributed by atoms with Gasteiger partial charge in [-0.05, 0) is 5.56 Å². The van der Waals surface area contributed by atoms with Crippen LogP contribution >= 0.6 is 0 Å². The van der Waals surface area contributed by atoms with Gasteiger partial charge in [0.2, 0.25) is 5.91 Å². The van der Waals surface area contributed by atoms with Gasteiger partial charge in [-0.1, -0.05) is 30.3 Å². The Morgan fingerprint density at radius 3 is 2.60 bits per heavy atom. The van der Waals surface area contributed by atoms with E-state index in [0.29, 0.717) is 5.82 Å². The number of aromatic nitrogens is 2. The minimum Gasteiger partial charge on any atom is -0.354 e. The Balaban J connectivity index is 2.04. The van der Waals surface area contributed by atoms with Gasteiger partial charge in [0.25, 0.3) is 5.91 Å².